The van der Waals surface area contributed by atoms with Gasteiger partial charge in [0, 0.05) is 24.6 Å². The quantitative estimate of drug-likeness (QED) is 0.722. The van der Waals surface area contributed by atoms with Crippen molar-refractivity contribution in [3.8, 4) is 11.9 Å². The molecule has 1 aromatic carbocycles. The number of amides is 1. The largest absolute Gasteiger partial charge is 0.481 e. The number of pyridine rings is 1. The molecule has 1 aromatic heterocycles. The molecule has 0 aliphatic heterocycles. The van der Waals surface area contributed by atoms with Gasteiger partial charge in [-0.2, -0.15) is 5.26 Å². The topological polar surface area (TPSA) is 121 Å². The van der Waals surface area contributed by atoms with E-state index in [0.29, 0.717) is 17.1 Å². The molecule has 0 radical (unpaired) electrons. The molecule has 2 rings (SSSR count). The molecule has 1 amide bonds. The normalized spacial score (nSPS) is 10.7. The van der Waals surface area contributed by atoms with Crippen LogP contribution in [0.2, 0.25) is 0 Å². The summed E-state index contributed by atoms with van der Waals surface area (Å²) in [5.74, 6) is 0.0322. The van der Waals surface area contributed by atoms with Crippen molar-refractivity contribution in [2.24, 2.45) is 0 Å². The minimum Gasteiger partial charge on any atom is -0.481 e. The van der Waals surface area contributed by atoms with E-state index in [4.69, 9.17) is 10.00 Å². The Labute approximate surface area is 145 Å². The number of anilines is 1. The molecular formula is C16H16N4O4S. The van der Waals surface area contributed by atoms with Gasteiger partial charge in [0.1, 0.15) is 0 Å². The lowest BCUT2D eigenvalue weighted by molar-refractivity contribution is 0.102. The first kappa shape index (κ1) is 18.4. The van der Waals surface area contributed by atoms with Crippen molar-refractivity contribution in [3.63, 3.8) is 0 Å². The van der Waals surface area contributed by atoms with Crippen LogP contribution in [0.15, 0.2) is 47.5 Å². The molecule has 9 heteroatoms. The number of hydrogen-bond acceptors (Lipinski definition) is 6. The van der Waals surface area contributed by atoms with Gasteiger partial charge in [-0.3, -0.25) is 4.79 Å². The molecule has 0 saturated carbocycles. The predicted octanol–water partition coefficient (Wildman–Crippen LogP) is 1.53. The third-order valence-electron chi connectivity index (χ3n) is 3.16. The van der Waals surface area contributed by atoms with Crippen LogP contribution in [0.5, 0.6) is 5.88 Å². The average molecular weight is 360 g/mol. The summed E-state index contributed by atoms with van der Waals surface area (Å²) in [4.78, 5) is 16.2. The first-order chi connectivity index (χ1) is 12.0. The number of ether oxygens (including phenoxy) is 1. The van der Waals surface area contributed by atoms with Gasteiger partial charge in [-0.1, -0.05) is 0 Å². The lowest BCUT2D eigenvalue weighted by Gasteiger charge is -2.08. The van der Waals surface area contributed by atoms with E-state index in [1.165, 1.54) is 37.6 Å². The first-order valence-electron chi connectivity index (χ1n) is 7.24. The van der Waals surface area contributed by atoms with Crippen LogP contribution in [0, 0.1) is 11.3 Å². The SMILES string of the molecule is COc1ccc(NC(=O)c2ccc(S(=O)(=O)NCCC#N)cc2)cn1. The number of nitriles is 1. The zero-order valence-electron chi connectivity index (χ0n) is 13.4. The maximum absolute atomic E-state index is 12.2. The number of carbonyl (C=O) groups is 1. The summed E-state index contributed by atoms with van der Waals surface area (Å²) in [6.45, 7) is 0.0333. The number of aromatic nitrogens is 1. The Bertz CT molecular complexity index is 872. The molecule has 0 aliphatic rings. The van der Waals surface area contributed by atoms with Crippen molar-refractivity contribution < 1.29 is 17.9 Å². The van der Waals surface area contributed by atoms with E-state index in [9.17, 15) is 13.2 Å². The Hall–Kier alpha value is -2.96. The average Bonchev–Trinajstić information content (AvgIpc) is 2.62. The van der Waals surface area contributed by atoms with Crippen LogP contribution in [0.1, 0.15) is 16.8 Å². The molecule has 0 atom stereocenters. The van der Waals surface area contributed by atoms with Gasteiger partial charge in [-0.05, 0) is 30.3 Å². The smallest absolute Gasteiger partial charge is 0.255 e. The molecule has 0 fully saturated rings. The minimum absolute atomic E-state index is 0.0214. The molecule has 2 N–H and O–H groups in total. The number of sulfonamides is 1. The second-order valence-electron chi connectivity index (χ2n) is 4.87. The van der Waals surface area contributed by atoms with Gasteiger partial charge < -0.3 is 10.1 Å². The number of rotatable bonds is 7. The van der Waals surface area contributed by atoms with E-state index >= 15 is 0 Å². The number of carbonyl (C=O) groups excluding carboxylic acids is 1. The molecular weight excluding hydrogens is 344 g/mol. The summed E-state index contributed by atoms with van der Waals surface area (Å²) in [5.41, 5.74) is 0.785. The van der Waals surface area contributed by atoms with Gasteiger partial charge in [-0.15, -0.1) is 0 Å². The molecule has 25 heavy (non-hydrogen) atoms. The molecule has 0 spiro atoms. The Balaban J connectivity index is 2.05. The van der Waals surface area contributed by atoms with Crippen LogP contribution >= 0.6 is 0 Å². The fraction of sp³-hybridized carbons (Fsp3) is 0.188. The highest BCUT2D eigenvalue weighted by molar-refractivity contribution is 7.89. The highest BCUT2D eigenvalue weighted by atomic mass is 32.2. The number of nitrogens with one attached hydrogen (secondary N) is 2. The summed E-state index contributed by atoms with van der Waals surface area (Å²) in [5, 5.41) is 11.1. The highest BCUT2D eigenvalue weighted by Gasteiger charge is 2.14. The summed E-state index contributed by atoms with van der Waals surface area (Å²) in [6.07, 6.45) is 1.53. The third-order valence-corrected chi connectivity index (χ3v) is 4.64. The van der Waals surface area contributed by atoms with Crippen LogP contribution in [0.25, 0.3) is 0 Å². The Morgan fingerprint density at radius 3 is 2.52 bits per heavy atom. The van der Waals surface area contributed by atoms with Crippen LogP contribution in [-0.4, -0.2) is 33.0 Å². The van der Waals surface area contributed by atoms with Crippen molar-refractivity contribution in [1.29, 1.82) is 5.26 Å². The standard InChI is InChI=1S/C16H16N4O4S/c1-24-15-8-5-13(11-18-15)20-16(21)12-3-6-14(7-4-12)25(22,23)19-10-2-9-17/h3-8,11,19H,2,10H2,1H3,(H,20,21). The molecule has 0 saturated heterocycles. The summed E-state index contributed by atoms with van der Waals surface area (Å²) < 4.78 is 31.2. The van der Waals surface area contributed by atoms with Crippen molar-refractivity contribution in [2.75, 3.05) is 19.0 Å². The van der Waals surface area contributed by atoms with E-state index in [2.05, 4.69) is 15.0 Å². The summed E-state index contributed by atoms with van der Waals surface area (Å²) in [7, 11) is -2.21. The lowest BCUT2D eigenvalue weighted by atomic mass is 10.2. The van der Waals surface area contributed by atoms with E-state index in [1.54, 1.807) is 12.1 Å². The van der Waals surface area contributed by atoms with Crippen LogP contribution in [0.3, 0.4) is 0 Å². The molecule has 130 valence electrons. The molecule has 0 aliphatic carbocycles. The monoisotopic (exact) mass is 360 g/mol. The van der Waals surface area contributed by atoms with Crippen LogP contribution in [-0.2, 0) is 10.0 Å². The second-order valence-corrected chi connectivity index (χ2v) is 6.64. The first-order valence-corrected chi connectivity index (χ1v) is 8.72. The van der Waals surface area contributed by atoms with Crippen molar-refractivity contribution in [1.82, 2.24) is 9.71 Å². The molecule has 0 bridgehead atoms. The zero-order chi connectivity index (χ0) is 18.3. The fourth-order valence-electron chi connectivity index (χ4n) is 1.89. The van der Waals surface area contributed by atoms with Crippen molar-refractivity contribution in [2.45, 2.75) is 11.3 Å². The molecule has 8 nitrogen and oxygen atoms in total. The third kappa shape index (κ3) is 5.00. The zero-order valence-corrected chi connectivity index (χ0v) is 14.2. The predicted molar refractivity (Wildman–Crippen MR) is 90.6 cm³/mol. The van der Waals surface area contributed by atoms with Crippen LogP contribution < -0.4 is 14.8 Å². The number of benzene rings is 1. The summed E-state index contributed by atoms with van der Waals surface area (Å²) >= 11 is 0. The lowest BCUT2D eigenvalue weighted by Crippen LogP contribution is -2.24. The minimum atomic E-state index is -3.70. The number of methoxy groups -OCH3 is 1. The van der Waals surface area contributed by atoms with Crippen LogP contribution in [0.4, 0.5) is 5.69 Å². The molecule has 2 aromatic rings. The fourth-order valence-corrected chi connectivity index (χ4v) is 2.92. The number of nitrogens with zero attached hydrogens (tertiary/aromatic N) is 2. The maximum atomic E-state index is 12.2. The number of hydrogen-bond donors (Lipinski definition) is 2. The van der Waals surface area contributed by atoms with E-state index in [1.807, 2.05) is 6.07 Å². The summed E-state index contributed by atoms with van der Waals surface area (Å²) in [6, 6.07) is 10.6. The van der Waals surface area contributed by atoms with Gasteiger partial charge in [0.25, 0.3) is 5.91 Å². The van der Waals surface area contributed by atoms with Crippen molar-refractivity contribution >= 4 is 21.6 Å². The molecule has 1 heterocycles. The van der Waals surface area contributed by atoms with Gasteiger partial charge in [-0.25, -0.2) is 18.1 Å². The van der Waals surface area contributed by atoms with E-state index < -0.39 is 15.9 Å². The maximum Gasteiger partial charge on any atom is 0.255 e. The van der Waals surface area contributed by atoms with E-state index in [-0.39, 0.29) is 17.9 Å². The van der Waals surface area contributed by atoms with Gasteiger partial charge in [0.15, 0.2) is 0 Å². The Kier molecular flexibility index (Phi) is 6.05. The second kappa shape index (κ2) is 8.23. The van der Waals surface area contributed by atoms with Gasteiger partial charge in [0.2, 0.25) is 15.9 Å². The van der Waals surface area contributed by atoms with Gasteiger partial charge >= 0.3 is 0 Å². The Morgan fingerprint density at radius 1 is 1.24 bits per heavy atom. The van der Waals surface area contributed by atoms with Gasteiger partial charge in [0.05, 0.1) is 30.0 Å². The van der Waals surface area contributed by atoms with Crippen molar-refractivity contribution in [3.05, 3.63) is 48.2 Å². The Morgan fingerprint density at radius 2 is 1.96 bits per heavy atom. The van der Waals surface area contributed by atoms with E-state index in [0.717, 1.165) is 0 Å². The highest BCUT2D eigenvalue weighted by Crippen LogP contribution is 2.14. The molecule has 0 unspecified atom stereocenters.